The molecule has 0 saturated carbocycles. The molecule has 1 aromatic carbocycles. The third-order valence-electron chi connectivity index (χ3n) is 2.85. The molecule has 17 heavy (non-hydrogen) atoms. The van der Waals surface area contributed by atoms with Crippen molar-refractivity contribution in [1.29, 1.82) is 0 Å². The number of fused-ring (bicyclic) bond motifs is 1. The van der Waals surface area contributed by atoms with Crippen LogP contribution in [-0.4, -0.2) is 23.6 Å². The first-order valence-corrected chi connectivity index (χ1v) is 5.70. The Hall–Kier alpha value is -1.81. The van der Waals surface area contributed by atoms with Crippen LogP contribution < -0.4 is 11.1 Å². The van der Waals surface area contributed by atoms with Crippen molar-refractivity contribution >= 4 is 16.8 Å². The molecule has 4 nitrogen and oxygen atoms in total. The van der Waals surface area contributed by atoms with Crippen LogP contribution in [0.15, 0.2) is 30.5 Å². The second-order valence-electron chi connectivity index (χ2n) is 4.18. The molecule has 0 unspecified atom stereocenters. The van der Waals surface area contributed by atoms with E-state index in [1.54, 1.807) is 0 Å². The van der Waals surface area contributed by atoms with E-state index in [0.29, 0.717) is 0 Å². The highest BCUT2D eigenvalue weighted by Gasteiger charge is 2.05. The van der Waals surface area contributed by atoms with Gasteiger partial charge in [0.05, 0.1) is 6.54 Å². The quantitative estimate of drug-likeness (QED) is 0.748. The van der Waals surface area contributed by atoms with E-state index >= 15 is 0 Å². The van der Waals surface area contributed by atoms with Gasteiger partial charge in [-0.2, -0.15) is 0 Å². The number of hydrogen-bond donors (Lipinski definition) is 2. The lowest BCUT2D eigenvalue weighted by atomic mass is 10.1. The number of amides is 1. The Morgan fingerprint density at radius 2 is 2.18 bits per heavy atom. The molecule has 2 rings (SSSR count). The first-order valence-electron chi connectivity index (χ1n) is 5.70. The van der Waals surface area contributed by atoms with Gasteiger partial charge in [-0.05, 0) is 24.6 Å². The van der Waals surface area contributed by atoms with E-state index in [0.717, 1.165) is 13.0 Å². The Balaban J connectivity index is 2.06. The number of carbonyl (C=O) groups is 1. The van der Waals surface area contributed by atoms with E-state index in [9.17, 15) is 4.79 Å². The van der Waals surface area contributed by atoms with Crippen molar-refractivity contribution in [1.82, 2.24) is 9.88 Å². The lowest BCUT2D eigenvalue weighted by Crippen LogP contribution is -2.29. The van der Waals surface area contributed by atoms with Crippen molar-refractivity contribution < 1.29 is 4.79 Å². The van der Waals surface area contributed by atoms with Crippen LogP contribution in [0.2, 0.25) is 0 Å². The average Bonchev–Trinajstić information content (AvgIpc) is 2.63. The molecule has 0 aliphatic heterocycles. The zero-order valence-corrected chi connectivity index (χ0v) is 9.94. The van der Waals surface area contributed by atoms with E-state index in [4.69, 9.17) is 5.73 Å². The number of aromatic nitrogens is 1. The van der Waals surface area contributed by atoms with Crippen molar-refractivity contribution in [3.8, 4) is 0 Å². The van der Waals surface area contributed by atoms with E-state index in [2.05, 4.69) is 28.2 Å². The van der Waals surface area contributed by atoms with Crippen LogP contribution in [0.25, 0.3) is 10.9 Å². The van der Waals surface area contributed by atoms with Crippen molar-refractivity contribution in [2.45, 2.75) is 6.42 Å². The molecule has 0 bridgehead atoms. The second-order valence-corrected chi connectivity index (χ2v) is 4.18. The monoisotopic (exact) mass is 231 g/mol. The van der Waals surface area contributed by atoms with Gasteiger partial charge in [-0.3, -0.25) is 4.79 Å². The summed E-state index contributed by atoms with van der Waals surface area (Å²) in [6.07, 6.45) is 3.03. The largest absolute Gasteiger partial charge is 0.369 e. The normalized spacial score (nSPS) is 10.9. The number of primary amides is 1. The number of rotatable bonds is 5. The molecule has 1 aromatic heterocycles. The summed E-state index contributed by atoms with van der Waals surface area (Å²) in [5, 5.41) is 4.30. The Morgan fingerprint density at radius 3 is 2.94 bits per heavy atom. The zero-order chi connectivity index (χ0) is 12.3. The summed E-state index contributed by atoms with van der Waals surface area (Å²) in [6.45, 7) is 1.00. The van der Waals surface area contributed by atoms with Gasteiger partial charge in [0.15, 0.2) is 0 Å². The number of benzene rings is 1. The van der Waals surface area contributed by atoms with Crippen LogP contribution in [0.3, 0.4) is 0 Å². The zero-order valence-electron chi connectivity index (χ0n) is 9.94. The fourth-order valence-corrected chi connectivity index (χ4v) is 2.06. The lowest BCUT2D eigenvalue weighted by molar-refractivity contribution is -0.117. The van der Waals surface area contributed by atoms with E-state index in [-0.39, 0.29) is 12.5 Å². The summed E-state index contributed by atoms with van der Waals surface area (Å²) in [5.41, 5.74) is 7.59. The third-order valence-corrected chi connectivity index (χ3v) is 2.85. The highest BCUT2D eigenvalue weighted by Crippen LogP contribution is 2.20. The standard InChI is InChI=1S/C13H17N3O/c1-16-9-10(6-7-15-8-13(14)17)11-4-2-3-5-12(11)16/h2-5,9,15H,6-8H2,1H3,(H2,14,17). The molecule has 3 N–H and O–H groups in total. The van der Waals surface area contributed by atoms with Crippen LogP contribution in [0, 0.1) is 0 Å². The average molecular weight is 231 g/mol. The first-order chi connectivity index (χ1) is 8.18. The van der Waals surface area contributed by atoms with Crippen LogP contribution in [0.1, 0.15) is 5.56 Å². The van der Waals surface area contributed by atoms with E-state index < -0.39 is 0 Å². The number of nitrogens with two attached hydrogens (primary N) is 1. The topological polar surface area (TPSA) is 60.1 Å². The Kier molecular flexibility index (Phi) is 3.44. The van der Waals surface area contributed by atoms with Gasteiger partial charge in [0.2, 0.25) is 5.91 Å². The van der Waals surface area contributed by atoms with Gasteiger partial charge in [0.25, 0.3) is 0 Å². The molecule has 2 aromatic rings. The summed E-state index contributed by atoms with van der Waals surface area (Å²) >= 11 is 0. The highest BCUT2D eigenvalue weighted by molar-refractivity contribution is 5.83. The molecule has 0 atom stereocenters. The van der Waals surface area contributed by atoms with Crippen LogP contribution in [-0.2, 0) is 18.3 Å². The van der Waals surface area contributed by atoms with Crippen molar-refractivity contribution in [2.75, 3.05) is 13.1 Å². The summed E-state index contributed by atoms with van der Waals surface area (Å²) in [6, 6.07) is 8.31. The molecule has 1 heterocycles. The second kappa shape index (κ2) is 5.01. The maximum absolute atomic E-state index is 10.6. The summed E-state index contributed by atoms with van der Waals surface area (Å²) < 4.78 is 2.12. The highest BCUT2D eigenvalue weighted by atomic mass is 16.1. The molecule has 0 aliphatic rings. The van der Waals surface area contributed by atoms with E-state index in [1.807, 2.05) is 19.2 Å². The number of aryl methyl sites for hydroxylation is 1. The van der Waals surface area contributed by atoms with Gasteiger partial charge in [0, 0.05) is 24.1 Å². The van der Waals surface area contributed by atoms with Gasteiger partial charge in [-0.15, -0.1) is 0 Å². The molecule has 0 fully saturated rings. The van der Waals surface area contributed by atoms with Crippen LogP contribution in [0.5, 0.6) is 0 Å². The molecular weight excluding hydrogens is 214 g/mol. The molecular formula is C13H17N3O. The third kappa shape index (κ3) is 2.65. The molecule has 0 radical (unpaired) electrons. The summed E-state index contributed by atoms with van der Waals surface area (Å²) in [5.74, 6) is -0.317. The van der Waals surface area contributed by atoms with Crippen molar-refractivity contribution in [3.05, 3.63) is 36.0 Å². The van der Waals surface area contributed by atoms with E-state index in [1.165, 1.54) is 16.5 Å². The minimum Gasteiger partial charge on any atom is -0.369 e. The predicted molar refractivity (Wildman–Crippen MR) is 68.7 cm³/mol. The van der Waals surface area contributed by atoms with Gasteiger partial charge < -0.3 is 15.6 Å². The smallest absolute Gasteiger partial charge is 0.231 e. The Labute approximate surface area is 100 Å². The lowest BCUT2D eigenvalue weighted by Gasteiger charge is -2.01. The fourth-order valence-electron chi connectivity index (χ4n) is 2.06. The Morgan fingerprint density at radius 1 is 1.41 bits per heavy atom. The number of nitrogens with zero attached hydrogens (tertiary/aromatic N) is 1. The van der Waals surface area contributed by atoms with Gasteiger partial charge in [-0.25, -0.2) is 0 Å². The van der Waals surface area contributed by atoms with Crippen LogP contribution >= 0.6 is 0 Å². The number of hydrogen-bond acceptors (Lipinski definition) is 2. The molecule has 0 aliphatic carbocycles. The minimum absolute atomic E-state index is 0.241. The minimum atomic E-state index is -0.317. The fraction of sp³-hybridized carbons (Fsp3) is 0.308. The molecule has 0 saturated heterocycles. The number of nitrogens with one attached hydrogen (secondary N) is 1. The summed E-state index contributed by atoms with van der Waals surface area (Å²) in [4.78, 5) is 10.6. The van der Waals surface area contributed by atoms with Crippen LogP contribution in [0.4, 0.5) is 0 Å². The molecule has 90 valence electrons. The first kappa shape index (κ1) is 11.7. The van der Waals surface area contributed by atoms with Crippen molar-refractivity contribution in [3.63, 3.8) is 0 Å². The maximum atomic E-state index is 10.6. The van der Waals surface area contributed by atoms with Gasteiger partial charge in [0.1, 0.15) is 0 Å². The SMILES string of the molecule is Cn1cc(CCNCC(N)=O)c2ccccc21. The van der Waals surface area contributed by atoms with Gasteiger partial charge >= 0.3 is 0 Å². The molecule has 1 amide bonds. The molecule has 0 spiro atoms. The maximum Gasteiger partial charge on any atom is 0.231 e. The predicted octanol–water partition coefficient (Wildman–Crippen LogP) is 0.796. The summed E-state index contributed by atoms with van der Waals surface area (Å²) in [7, 11) is 2.04. The van der Waals surface area contributed by atoms with Crippen molar-refractivity contribution in [2.24, 2.45) is 12.8 Å². The number of para-hydroxylation sites is 1. The molecule has 4 heteroatoms. The number of carbonyl (C=O) groups excluding carboxylic acids is 1. The Bertz CT molecular complexity index is 530. The van der Waals surface area contributed by atoms with Gasteiger partial charge in [-0.1, -0.05) is 18.2 Å².